The largest absolute Gasteiger partial charge is 0.341 e. The minimum absolute atomic E-state index is 0.149. The smallest absolute Gasteiger partial charge is 0.320 e. The number of urea groups is 1. The number of hydrogen-bond donors (Lipinski definition) is 3. The summed E-state index contributed by atoms with van der Waals surface area (Å²) in [6.45, 7) is 0.588. The van der Waals surface area contributed by atoms with E-state index in [0.29, 0.717) is 6.54 Å². The Morgan fingerprint density at radius 2 is 2.07 bits per heavy atom. The standard InChI is InChI=1S/C10H9N3O/c14-10-11-5-7-6-3-1-2-4-8(6)12-9(7)13-10/h1-4,12H,5H2,(H2,11,13,14). The average Bonchev–Trinajstić information content (AvgIpc) is 2.54. The van der Waals surface area contributed by atoms with Gasteiger partial charge in [0.2, 0.25) is 0 Å². The van der Waals surface area contributed by atoms with E-state index in [1.54, 1.807) is 0 Å². The van der Waals surface area contributed by atoms with Crippen LogP contribution < -0.4 is 10.6 Å². The lowest BCUT2D eigenvalue weighted by Crippen LogP contribution is -2.33. The van der Waals surface area contributed by atoms with E-state index in [4.69, 9.17) is 0 Å². The molecule has 3 rings (SSSR count). The van der Waals surface area contributed by atoms with Gasteiger partial charge in [-0.3, -0.25) is 5.32 Å². The number of benzene rings is 1. The molecule has 2 aromatic rings. The van der Waals surface area contributed by atoms with Crippen molar-refractivity contribution in [3.05, 3.63) is 29.8 Å². The zero-order valence-corrected chi connectivity index (χ0v) is 7.42. The second kappa shape index (κ2) is 2.51. The molecule has 2 amide bonds. The van der Waals surface area contributed by atoms with E-state index in [1.165, 1.54) is 0 Å². The van der Waals surface area contributed by atoms with Crippen molar-refractivity contribution in [2.75, 3.05) is 5.32 Å². The second-order valence-electron chi connectivity index (χ2n) is 3.33. The van der Waals surface area contributed by atoms with Crippen molar-refractivity contribution in [2.45, 2.75) is 6.54 Å². The van der Waals surface area contributed by atoms with Crippen LogP contribution in [-0.2, 0) is 6.54 Å². The Hall–Kier alpha value is -1.97. The van der Waals surface area contributed by atoms with Gasteiger partial charge in [0.1, 0.15) is 5.82 Å². The molecule has 2 heterocycles. The Morgan fingerprint density at radius 3 is 3.00 bits per heavy atom. The van der Waals surface area contributed by atoms with Gasteiger partial charge in [0, 0.05) is 23.0 Å². The minimum atomic E-state index is -0.149. The van der Waals surface area contributed by atoms with E-state index >= 15 is 0 Å². The molecule has 0 saturated carbocycles. The molecule has 0 radical (unpaired) electrons. The third kappa shape index (κ3) is 0.907. The van der Waals surface area contributed by atoms with Crippen LogP contribution in [0.4, 0.5) is 10.6 Å². The van der Waals surface area contributed by atoms with Gasteiger partial charge in [-0.2, -0.15) is 0 Å². The van der Waals surface area contributed by atoms with Gasteiger partial charge in [0.15, 0.2) is 0 Å². The van der Waals surface area contributed by atoms with Crippen molar-refractivity contribution >= 4 is 22.8 Å². The number of para-hydroxylation sites is 1. The van der Waals surface area contributed by atoms with Crippen molar-refractivity contribution < 1.29 is 4.79 Å². The van der Waals surface area contributed by atoms with Gasteiger partial charge in [-0.1, -0.05) is 18.2 Å². The fraction of sp³-hybridized carbons (Fsp3) is 0.100. The maximum atomic E-state index is 11.1. The lowest BCUT2D eigenvalue weighted by molar-refractivity contribution is 0.251. The van der Waals surface area contributed by atoms with E-state index in [1.807, 2.05) is 24.3 Å². The molecule has 14 heavy (non-hydrogen) atoms. The normalized spacial score (nSPS) is 14.7. The van der Waals surface area contributed by atoms with Gasteiger partial charge in [-0.05, 0) is 6.07 Å². The molecular formula is C10H9N3O. The predicted molar refractivity (Wildman–Crippen MR) is 54.2 cm³/mol. The van der Waals surface area contributed by atoms with Crippen LogP contribution in [0.5, 0.6) is 0 Å². The molecule has 0 aliphatic carbocycles. The highest BCUT2D eigenvalue weighted by atomic mass is 16.2. The van der Waals surface area contributed by atoms with Crippen LogP contribution in [0.2, 0.25) is 0 Å². The van der Waals surface area contributed by atoms with Crippen LogP contribution >= 0.6 is 0 Å². The van der Waals surface area contributed by atoms with Gasteiger partial charge in [0.05, 0.1) is 0 Å². The second-order valence-corrected chi connectivity index (χ2v) is 3.33. The van der Waals surface area contributed by atoms with Crippen LogP contribution in [0.3, 0.4) is 0 Å². The predicted octanol–water partition coefficient (Wildman–Crippen LogP) is 1.80. The quantitative estimate of drug-likeness (QED) is 0.578. The number of amides is 2. The van der Waals surface area contributed by atoms with Gasteiger partial charge in [-0.15, -0.1) is 0 Å². The lowest BCUT2D eigenvalue weighted by atomic mass is 10.1. The maximum Gasteiger partial charge on any atom is 0.320 e. The SMILES string of the molecule is O=C1NCc2c([nH]c3ccccc23)N1. The maximum absolute atomic E-state index is 11.1. The number of anilines is 1. The fourth-order valence-electron chi connectivity index (χ4n) is 1.82. The number of nitrogens with one attached hydrogen (secondary N) is 3. The Labute approximate surface area is 80.3 Å². The molecule has 4 nitrogen and oxygen atoms in total. The third-order valence-corrected chi connectivity index (χ3v) is 2.48. The number of hydrogen-bond acceptors (Lipinski definition) is 1. The highest BCUT2D eigenvalue weighted by Crippen LogP contribution is 2.27. The summed E-state index contributed by atoms with van der Waals surface area (Å²) in [5, 5.41) is 6.65. The molecule has 1 aromatic carbocycles. The van der Waals surface area contributed by atoms with Crippen LogP contribution in [0.25, 0.3) is 10.9 Å². The molecule has 0 atom stereocenters. The Balaban J connectivity index is 2.29. The van der Waals surface area contributed by atoms with Gasteiger partial charge >= 0.3 is 6.03 Å². The highest BCUT2D eigenvalue weighted by Gasteiger charge is 2.17. The van der Waals surface area contributed by atoms with Crippen molar-refractivity contribution in [3.8, 4) is 0 Å². The molecule has 1 aliphatic rings. The lowest BCUT2D eigenvalue weighted by Gasteiger charge is -2.13. The molecular weight excluding hydrogens is 178 g/mol. The van der Waals surface area contributed by atoms with Crippen LogP contribution in [-0.4, -0.2) is 11.0 Å². The topological polar surface area (TPSA) is 56.9 Å². The average molecular weight is 187 g/mol. The molecule has 4 heteroatoms. The molecule has 3 N–H and O–H groups in total. The summed E-state index contributed by atoms with van der Waals surface area (Å²) in [7, 11) is 0. The molecule has 70 valence electrons. The number of rotatable bonds is 0. The van der Waals surface area contributed by atoms with Crippen molar-refractivity contribution in [2.24, 2.45) is 0 Å². The van der Waals surface area contributed by atoms with E-state index in [-0.39, 0.29) is 6.03 Å². The van der Waals surface area contributed by atoms with E-state index in [9.17, 15) is 4.79 Å². The number of carbonyl (C=O) groups is 1. The van der Waals surface area contributed by atoms with Gasteiger partial charge < -0.3 is 10.3 Å². The summed E-state index contributed by atoms with van der Waals surface area (Å²) in [5.74, 6) is 0.815. The number of H-pyrrole nitrogens is 1. The molecule has 0 fully saturated rings. The van der Waals surface area contributed by atoms with Gasteiger partial charge in [-0.25, -0.2) is 4.79 Å². The van der Waals surface area contributed by atoms with Crippen molar-refractivity contribution in [1.82, 2.24) is 10.3 Å². The first-order valence-electron chi connectivity index (χ1n) is 4.49. The van der Waals surface area contributed by atoms with E-state index in [2.05, 4.69) is 15.6 Å². The zero-order chi connectivity index (χ0) is 9.54. The first-order chi connectivity index (χ1) is 6.84. The number of carbonyl (C=O) groups excluding carboxylic acids is 1. The summed E-state index contributed by atoms with van der Waals surface area (Å²) in [4.78, 5) is 14.2. The monoisotopic (exact) mass is 187 g/mol. The van der Waals surface area contributed by atoms with Crippen molar-refractivity contribution in [1.29, 1.82) is 0 Å². The Bertz CT molecular complexity index is 515. The molecule has 1 aliphatic heterocycles. The third-order valence-electron chi connectivity index (χ3n) is 2.48. The highest BCUT2D eigenvalue weighted by molar-refractivity contribution is 5.98. The van der Waals surface area contributed by atoms with Crippen LogP contribution in [0.1, 0.15) is 5.56 Å². The van der Waals surface area contributed by atoms with E-state index in [0.717, 1.165) is 22.3 Å². The molecule has 1 aromatic heterocycles. The van der Waals surface area contributed by atoms with E-state index < -0.39 is 0 Å². The summed E-state index contributed by atoms with van der Waals surface area (Å²) in [6, 6.07) is 7.86. The van der Waals surface area contributed by atoms with Gasteiger partial charge in [0.25, 0.3) is 0 Å². The minimum Gasteiger partial charge on any atom is -0.341 e. The van der Waals surface area contributed by atoms with Crippen molar-refractivity contribution in [3.63, 3.8) is 0 Å². The van der Waals surface area contributed by atoms with Crippen LogP contribution in [0.15, 0.2) is 24.3 Å². The number of fused-ring (bicyclic) bond motifs is 3. The molecule has 0 saturated heterocycles. The Kier molecular flexibility index (Phi) is 1.33. The Morgan fingerprint density at radius 1 is 1.21 bits per heavy atom. The molecule has 0 spiro atoms. The first kappa shape index (κ1) is 7.44. The molecule has 0 unspecified atom stereocenters. The number of aromatic amines is 1. The molecule has 0 bridgehead atoms. The summed E-state index contributed by atoms with van der Waals surface area (Å²) < 4.78 is 0. The first-order valence-corrected chi connectivity index (χ1v) is 4.49. The summed E-state index contributed by atoms with van der Waals surface area (Å²) in [6.07, 6.45) is 0. The zero-order valence-electron chi connectivity index (χ0n) is 7.42. The fourth-order valence-corrected chi connectivity index (χ4v) is 1.82. The van der Waals surface area contributed by atoms with Crippen LogP contribution in [0, 0.1) is 0 Å². The number of aromatic nitrogens is 1. The summed E-state index contributed by atoms with van der Waals surface area (Å²) in [5.41, 5.74) is 2.18. The summed E-state index contributed by atoms with van der Waals surface area (Å²) >= 11 is 0.